The monoisotopic (exact) mass is 313 g/mol. The van der Waals surface area contributed by atoms with Gasteiger partial charge in [0.1, 0.15) is 12.4 Å². The number of nitrogens with zero attached hydrogens (tertiary/aromatic N) is 1. The summed E-state index contributed by atoms with van der Waals surface area (Å²) in [7, 11) is -3.47. The third kappa shape index (κ3) is 3.56. The highest BCUT2D eigenvalue weighted by molar-refractivity contribution is 7.89. The molecule has 5 nitrogen and oxygen atoms in total. The van der Waals surface area contributed by atoms with E-state index in [-0.39, 0.29) is 25.3 Å². The van der Waals surface area contributed by atoms with Crippen molar-refractivity contribution in [1.29, 1.82) is 0 Å². The van der Waals surface area contributed by atoms with Crippen molar-refractivity contribution in [3.05, 3.63) is 24.3 Å². The molecule has 0 bridgehead atoms. The fourth-order valence-corrected chi connectivity index (χ4v) is 4.75. The van der Waals surface area contributed by atoms with Gasteiger partial charge in [0.05, 0.1) is 11.5 Å². The van der Waals surface area contributed by atoms with Crippen LogP contribution >= 0.6 is 0 Å². The summed E-state index contributed by atoms with van der Waals surface area (Å²) in [6.07, 6.45) is 2.88. The molecule has 0 amide bonds. The van der Waals surface area contributed by atoms with Gasteiger partial charge in [0, 0.05) is 12.1 Å². The van der Waals surface area contributed by atoms with Crippen molar-refractivity contribution in [3.8, 4) is 5.75 Å². The first kappa shape index (κ1) is 16.3. The van der Waals surface area contributed by atoms with Gasteiger partial charge in [0.2, 0.25) is 10.0 Å². The van der Waals surface area contributed by atoms with Gasteiger partial charge in [-0.3, -0.25) is 0 Å². The second kappa shape index (κ2) is 6.77. The molecule has 1 heterocycles. The number of ether oxygens (including phenoxy) is 1. The van der Waals surface area contributed by atoms with Crippen LogP contribution in [0.4, 0.5) is 0 Å². The van der Waals surface area contributed by atoms with E-state index in [1.54, 1.807) is 28.6 Å². The van der Waals surface area contributed by atoms with E-state index in [0.717, 1.165) is 19.3 Å². The molecule has 1 aromatic rings. The molecule has 0 aromatic heterocycles. The number of aliphatic hydroxyl groups is 1. The summed E-state index contributed by atoms with van der Waals surface area (Å²) < 4.78 is 32.4. The van der Waals surface area contributed by atoms with Gasteiger partial charge in [-0.1, -0.05) is 6.42 Å². The second-order valence-corrected chi connectivity index (χ2v) is 7.35. The maximum absolute atomic E-state index is 12.8. The van der Waals surface area contributed by atoms with Crippen LogP contribution < -0.4 is 4.74 Å². The molecule has 1 saturated heterocycles. The van der Waals surface area contributed by atoms with E-state index < -0.39 is 10.0 Å². The summed E-state index contributed by atoms with van der Waals surface area (Å²) in [5.41, 5.74) is 0. The minimum absolute atomic E-state index is 0.0315. The molecule has 2 unspecified atom stereocenters. The maximum atomic E-state index is 12.8. The molecule has 0 radical (unpaired) electrons. The van der Waals surface area contributed by atoms with Crippen molar-refractivity contribution >= 4 is 10.0 Å². The molecule has 1 aliphatic heterocycles. The van der Waals surface area contributed by atoms with Crippen molar-refractivity contribution in [3.63, 3.8) is 0 Å². The summed E-state index contributed by atoms with van der Waals surface area (Å²) in [5.74, 6) is 0.558. The molecule has 1 fully saturated rings. The van der Waals surface area contributed by atoms with E-state index in [2.05, 4.69) is 0 Å². The van der Waals surface area contributed by atoms with Crippen molar-refractivity contribution in [1.82, 2.24) is 4.31 Å². The lowest BCUT2D eigenvalue weighted by atomic mass is 10.0. The predicted octanol–water partition coefficient (Wildman–Crippen LogP) is 2.01. The van der Waals surface area contributed by atoms with Crippen LogP contribution in [0.25, 0.3) is 0 Å². The third-order valence-corrected chi connectivity index (χ3v) is 6.01. The number of sulfonamides is 1. The maximum Gasteiger partial charge on any atom is 0.243 e. The van der Waals surface area contributed by atoms with Crippen molar-refractivity contribution < 1.29 is 18.3 Å². The van der Waals surface area contributed by atoms with Crippen LogP contribution in [-0.2, 0) is 10.0 Å². The Hall–Kier alpha value is -1.11. The summed E-state index contributed by atoms with van der Waals surface area (Å²) >= 11 is 0. The Morgan fingerprint density at radius 1 is 1.19 bits per heavy atom. The molecule has 0 aliphatic carbocycles. The number of aliphatic hydroxyl groups excluding tert-OH is 1. The zero-order valence-corrected chi connectivity index (χ0v) is 13.3. The molecule has 118 valence electrons. The molecular weight excluding hydrogens is 290 g/mol. The first-order chi connectivity index (χ1) is 9.96. The van der Waals surface area contributed by atoms with Gasteiger partial charge in [0.15, 0.2) is 0 Å². The number of piperidine rings is 1. The molecule has 1 aromatic carbocycles. The Bertz CT molecular complexity index is 546. The first-order valence-electron chi connectivity index (χ1n) is 7.34. The molecule has 2 atom stereocenters. The van der Waals surface area contributed by atoms with Crippen LogP contribution in [0.2, 0.25) is 0 Å². The smallest absolute Gasteiger partial charge is 0.243 e. The predicted molar refractivity (Wildman–Crippen MR) is 80.8 cm³/mol. The lowest BCUT2D eigenvalue weighted by Crippen LogP contribution is -2.47. The minimum Gasteiger partial charge on any atom is -0.491 e. The summed E-state index contributed by atoms with van der Waals surface area (Å²) in [6, 6.07) is 6.45. The average Bonchev–Trinajstić information content (AvgIpc) is 2.45. The highest BCUT2D eigenvalue weighted by Crippen LogP contribution is 2.30. The van der Waals surface area contributed by atoms with Crippen LogP contribution in [0.15, 0.2) is 29.2 Å². The van der Waals surface area contributed by atoms with Gasteiger partial charge < -0.3 is 9.84 Å². The second-order valence-electron chi connectivity index (χ2n) is 5.51. The third-order valence-electron chi connectivity index (χ3n) is 3.87. The number of hydrogen-bond acceptors (Lipinski definition) is 4. The van der Waals surface area contributed by atoms with Crippen LogP contribution in [0, 0.1) is 0 Å². The fraction of sp³-hybridized carbons (Fsp3) is 0.600. The Morgan fingerprint density at radius 2 is 1.76 bits per heavy atom. The van der Waals surface area contributed by atoms with Gasteiger partial charge in [-0.05, 0) is 51.0 Å². The molecule has 21 heavy (non-hydrogen) atoms. The molecule has 2 rings (SSSR count). The normalized spacial score (nSPS) is 24.0. The summed E-state index contributed by atoms with van der Waals surface area (Å²) in [5, 5.41) is 8.71. The van der Waals surface area contributed by atoms with E-state index in [1.807, 2.05) is 13.8 Å². The number of hydrogen-bond donors (Lipinski definition) is 1. The van der Waals surface area contributed by atoms with Gasteiger partial charge in [0.25, 0.3) is 0 Å². The minimum atomic E-state index is -3.47. The van der Waals surface area contributed by atoms with Crippen molar-refractivity contribution in [2.24, 2.45) is 0 Å². The van der Waals surface area contributed by atoms with E-state index >= 15 is 0 Å². The van der Waals surface area contributed by atoms with E-state index in [4.69, 9.17) is 9.84 Å². The SMILES string of the molecule is CC1CCCC(C)N1S(=O)(=O)c1ccc(OCCO)cc1. The molecule has 1 aliphatic rings. The largest absolute Gasteiger partial charge is 0.491 e. The van der Waals surface area contributed by atoms with E-state index in [1.165, 1.54) is 0 Å². The van der Waals surface area contributed by atoms with Gasteiger partial charge in [-0.25, -0.2) is 8.42 Å². The highest BCUT2D eigenvalue weighted by Gasteiger charge is 2.35. The highest BCUT2D eigenvalue weighted by atomic mass is 32.2. The van der Waals surface area contributed by atoms with Gasteiger partial charge in [-0.2, -0.15) is 4.31 Å². The zero-order chi connectivity index (χ0) is 15.5. The van der Waals surface area contributed by atoms with Crippen molar-refractivity contribution in [2.75, 3.05) is 13.2 Å². The van der Waals surface area contributed by atoms with Crippen LogP contribution in [0.5, 0.6) is 5.75 Å². The number of benzene rings is 1. The van der Waals surface area contributed by atoms with Crippen LogP contribution in [-0.4, -0.2) is 43.1 Å². The van der Waals surface area contributed by atoms with Gasteiger partial charge in [-0.15, -0.1) is 0 Å². The van der Waals surface area contributed by atoms with E-state index in [0.29, 0.717) is 10.6 Å². The molecule has 1 N–H and O–H groups in total. The lowest BCUT2D eigenvalue weighted by Gasteiger charge is -2.37. The fourth-order valence-electron chi connectivity index (χ4n) is 2.86. The Morgan fingerprint density at radius 3 is 2.29 bits per heavy atom. The van der Waals surface area contributed by atoms with E-state index in [9.17, 15) is 8.42 Å². The Kier molecular flexibility index (Phi) is 5.24. The Balaban J connectivity index is 2.22. The van der Waals surface area contributed by atoms with Gasteiger partial charge >= 0.3 is 0 Å². The Labute approximate surface area is 126 Å². The zero-order valence-electron chi connectivity index (χ0n) is 12.5. The van der Waals surface area contributed by atoms with Crippen molar-refractivity contribution in [2.45, 2.75) is 50.1 Å². The summed E-state index contributed by atoms with van der Waals surface area (Å²) in [6.45, 7) is 4.06. The number of rotatable bonds is 5. The van der Waals surface area contributed by atoms with Crippen LogP contribution in [0.1, 0.15) is 33.1 Å². The standard InChI is InChI=1S/C15H23NO4S/c1-12-4-3-5-13(2)16(12)21(18,19)15-8-6-14(7-9-15)20-11-10-17/h6-9,12-13,17H,3-5,10-11H2,1-2H3. The molecule has 0 spiro atoms. The van der Waals surface area contributed by atoms with Crippen LogP contribution in [0.3, 0.4) is 0 Å². The first-order valence-corrected chi connectivity index (χ1v) is 8.78. The molecular formula is C15H23NO4S. The lowest BCUT2D eigenvalue weighted by molar-refractivity contribution is 0.201. The quantitative estimate of drug-likeness (QED) is 0.903. The topological polar surface area (TPSA) is 66.8 Å². The molecule has 6 heteroatoms. The molecule has 0 saturated carbocycles. The summed E-state index contributed by atoms with van der Waals surface area (Å²) in [4.78, 5) is 0.291. The average molecular weight is 313 g/mol.